The van der Waals surface area contributed by atoms with Crippen LogP contribution in [0.1, 0.15) is 48.6 Å². The Morgan fingerprint density at radius 2 is 1.65 bits per heavy atom. The Balaban J connectivity index is 1.23. The van der Waals surface area contributed by atoms with E-state index in [1.165, 1.54) is 22.4 Å². The van der Waals surface area contributed by atoms with Crippen molar-refractivity contribution in [3.8, 4) is 5.75 Å². The summed E-state index contributed by atoms with van der Waals surface area (Å²) in [6.45, 7) is 1.97. The summed E-state index contributed by atoms with van der Waals surface area (Å²) in [5.74, 6) is 0.0396. The number of hydrogen-bond donors (Lipinski definition) is 4. The van der Waals surface area contributed by atoms with E-state index in [-0.39, 0.29) is 12.4 Å². The highest BCUT2D eigenvalue weighted by atomic mass is 16.5. The van der Waals surface area contributed by atoms with Crippen LogP contribution < -0.4 is 5.32 Å². The van der Waals surface area contributed by atoms with E-state index in [9.17, 15) is 15.3 Å². The first-order valence-corrected chi connectivity index (χ1v) is 11.1. The molecular formula is C26H33NO4. The number of unbranched alkanes of at least 4 members (excludes halogenated alkanes) is 3. The second kappa shape index (κ2) is 12.4. The summed E-state index contributed by atoms with van der Waals surface area (Å²) in [6, 6.07) is 19.6. The molecule has 4 N–H and O–H groups in total. The lowest BCUT2D eigenvalue weighted by molar-refractivity contribution is 0.131. The SMILES string of the molecule is OCc1cc(C(O)NCCCCCCOCCc2cccc3ccccc23)ccc1O. The molecule has 1 unspecified atom stereocenters. The van der Waals surface area contributed by atoms with E-state index in [0.29, 0.717) is 17.7 Å². The zero-order chi connectivity index (χ0) is 21.9. The Bertz CT molecular complexity index is 938. The Kier molecular flexibility index (Phi) is 9.31. The number of hydrogen-bond acceptors (Lipinski definition) is 5. The molecule has 0 saturated heterocycles. The Morgan fingerprint density at radius 1 is 0.839 bits per heavy atom. The van der Waals surface area contributed by atoms with Gasteiger partial charge in [-0.1, -0.05) is 61.4 Å². The monoisotopic (exact) mass is 423 g/mol. The van der Waals surface area contributed by atoms with Crippen molar-refractivity contribution in [1.29, 1.82) is 0 Å². The lowest BCUT2D eigenvalue weighted by Gasteiger charge is -2.14. The molecule has 0 saturated carbocycles. The van der Waals surface area contributed by atoms with Gasteiger partial charge in [-0.05, 0) is 59.8 Å². The lowest BCUT2D eigenvalue weighted by atomic mass is 10.0. The van der Waals surface area contributed by atoms with Gasteiger partial charge in [0.05, 0.1) is 13.2 Å². The number of aliphatic hydroxyl groups excluding tert-OH is 2. The Morgan fingerprint density at radius 3 is 2.52 bits per heavy atom. The van der Waals surface area contributed by atoms with Crippen LogP contribution in [0.5, 0.6) is 5.75 Å². The van der Waals surface area contributed by atoms with Crippen LogP contribution in [0, 0.1) is 0 Å². The zero-order valence-corrected chi connectivity index (χ0v) is 18.0. The molecule has 1 atom stereocenters. The minimum Gasteiger partial charge on any atom is -0.508 e. The van der Waals surface area contributed by atoms with Gasteiger partial charge in [0.1, 0.15) is 12.0 Å². The molecular weight excluding hydrogens is 390 g/mol. The first-order chi connectivity index (χ1) is 15.2. The fraction of sp³-hybridized carbons (Fsp3) is 0.385. The van der Waals surface area contributed by atoms with Gasteiger partial charge in [0.25, 0.3) is 0 Å². The highest BCUT2D eigenvalue weighted by Gasteiger charge is 2.09. The van der Waals surface area contributed by atoms with E-state index in [0.717, 1.165) is 45.3 Å². The van der Waals surface area contributed by atoms with Gasteiger partial charge in [-0.2, -0.15) is 0 Å². The number of fused-ring (bicyclic) bond motifs is 1. The molecule has 0 aliphatic heterocycles. The minimum absolute atomic E-state index is 0.0396. The van der Waals surface area contributed by atoms with Gasteiger partial charge in [-0.3, -0.25) is 5.32 Å². The van der Waals surface area contributed by atoms with Crippen molar-refractivity contribution in [2.24, 2.45) is 0 Å². The molecule has 0 aliphatic rings. The molecule has 31 heavy (non-hydrogen) atoms. The van der Waals surface area contributed by atoms with Crippen LogP contribution >= 0.6 is 0 Å². The number of aliphatic hydroxyl groups is 2. The maximum absolute atomic E-state index is 10.2. The van der Waals surface area contributed by atoms with Crippen LogP contribution in [0.3, 0.4) is 0 Å². The number of ether oxygens (including phenoxy) is 1. The molecule has 0 aliphatic carbocycles. The molecule has 0 radical (unpaired) electrons. The zero-order valence-electron chi connectivity index (χ0n) is 18.0. The van der Waals surface area contributed by atoms with E-state index in [1.807, 2.05) is 0 Å². The van der Waals surface area contributed by atoms with Gasteiger partial charge in [0, 0.05) is 12.2 Å². The summed E-state index contributed by atoms with van der Waals surface area (Å²) in [5, 5.41) is 34.7. The van der Waals surface area contributed by atoms with Crippen LogP contribution in [-0.4, -0.2) is 35.1 Å². The number of aromatic hydroxyl groups is 1. The van der Waals surface area contributed by atoms with E-state index < -0.39 is 6.23 Å². The van der Waals surface area contributed by atoms with Gasteiger partial charge < -0.3 is 20.1 Å². The van der Waals surface area contributed by atoms with Gasteiger partial charge in [-0.25, -0.2) is 0 Å². The molecule has 0 heterocycles. The molecule has 3 rings (SSSR count). The maximum atomic E-state index is 10.2. The van der Waals surface area contributed by atoms with Crippen molar-refractivity contribution in [2.45, 2.75) is 44.9 Å². The normalized spacial score (nSPS) is 12.3. The molecule has 3 aromatic carbocycles. The van der Waals surface area contributed by atoms with Crippen molar-refractivity contribution >= 4 is 10.8 Å². The largest absolute Gasteiger partial charge is 0.508 e. The number of benzene rings is 3. The third kappa shape index (κ3) is 7.04. The Labute approximate surface area is 184 Å². The fourth-order valence-corrected chi connectivity index (χ4v) is 3.74. The van der Waals surface area contributed by atoms with Gasteiger partial charge >= 0.3 is 0 Å². The van der Waals surface area contributed by atoms with Crippen LogP contribution in [0.2, 0.25) is 0 Å². The number of rotatable bonds is 13. The van der Waals surface area contributed by atoms with E-state index >= 15 is 0 Å². The minimum atomic E-state index is -0.802. The van der Waals surface area contributed by atoms with Gasteiger partial charge in [0.15, 0.2) is 0 Å². The van der Waals surface area contributed by atoms with Crippen LogP contribution in [-0.2, 0) is 17.8 Å². The highest BCUT2D eigenvalue weighted by molar-refractivity contribution is 5.85. The summed E-state index contributed by atoms with van der Waals surface area (Å²) >= 11 is 0. The third-order valence-electron chi connectivity index (χ3n) is 5.54. The molecule has 0 amide bonds. The predicted molar refractivity (Wildman–Crippen MR) is 124 cm³/mol. The molecule has 5 heteroatoms. The average molecular weight is 424 g/mol. The van der Waals surface area contributed by atoms with Crippen molar-refractivity contribution in [1.82, 2.24) is 5.32 Å². The second-order valence-electron chi connectivity index (χ2n) is 7.82. The summed E-state index contributed by atoms with van der Waals surface area (Å²) in [4.78, 5) is 0. The molecule has 166 valence electrons. The van der Waals surface area contributed by atoms with Gasteiger partial charge in [-0.15, -0.1) is 0 Å². The molecule has 3 aromatic rings. The van der Waals surface area contributed by atoms with Crippen LogP contribution in [0.25, 0.3) is 10.8 Å². The van der Waals surface area contributed by atoms with Crippen molar-refractivity contribution in [3.63, 3.8) is 0 Å². The Hall–Kier alpha value is -2.44. The van der Waals surface area contributed by atoms with Crippen LogP contribution in [0.4, 0.5) is 0 Å². The van der Waals surface area contributed by atoms with Crippen molar-refractivity contribution in [2.75, 3.05) is 19.8 Å². The topological polar surface area (TPSA) is 82.0 Å². The molecule has 5 nitrogen and oxygen atoms in total. The molecule has 0 bridgehead atoms. The summed E-state index contributed by atoms with van der Waals surface area (Å²) < 4.78 is 5.82. The van der Waals surface area contributed by atoms with Gasteiger partial charge in [0.2, 0.25) is 0 Å². The number of nitrogens with one attached hydrogen (secondary N) is 1. The standard InChI is InChI=1S/C26H33NO4/c28-19-23-18-22(12-13-25(23)29)26(30)27-15-5-1-2-6-16-31-17-14-21-10-7-9-20-8-3-4-11-24(20)21/h3-4,7-13,18,26-30H,1-2,5-6,14-17,19H2. The maximum Gasteiger partial charge on any atom is 0.131 e. The van der Waals surface area contributed by atoms with E-state index in [4.69, 9.17) is 4.74 Å². The fourth-order valence-electron chi connectivity index (χ4n) is 3.74. The lowest BCUT2D eigenvalue weighted by Crippen LogP contribution is -2.22. The number of phenols is 1. The summed E-state index contributed by atoms with van der Waals surface area (Å²) in [5.41, 5.74) is 2.39. The van der Waals surface area contributed by atoms with Crippen molar-refractivity contribution < 1.29 is 20.1 Å². The van der Waals surface area contributed by atoms with E-state index in [1.54, 1.807) is 12.1 Å². The van der Waals surface area contributed by atoms with E-state index in [2.05, 4.69) is 47.8 Å². The average Bonchev–Trinajstić information content (AvgIpc) is 2.80. The summed E-state index contributed by atoms with van der Waals surface area (Å²) in [6.07, 6.45) is 4.30. The summed E-state index contributed by atoms with van der Waals surface area (Å²) in [7, 11) is 0. The second-order valence-corrected chi connectivity index (χ2v) is 7.82. The molecule has 0 spiro atoms. The predicted octanol–water partition coefficient (Wildman–Crippen LogP) is 4.44. The quantitative estimate of drug-likeness (QED) is 0.241. The first-order valence-electron chi connectivity index (χ1n) is 11.1. The van der Waals surface area contributed by atoms with Crippen molar-refractivity contribution in [3.05, 3.63) is 77.4 Å². The third-order valence-corrected chi connectivity index (χ3v) is 5.54. The first kappa shape index (κ1) is 23.2. The molecule has 0 aromatic heterocycles. The smallest absolute Gasteiger partial charge is 0.131 e. The van der Waals surface area contributed by atoms with Crippen LogP contribution in [0.15, 0.2) is 60.7 Å². The highest BCUT2D eigenvalue weighted by Crippen LogP contribution is 2.21. The molecule has 0 fully saturated rings.